The van der Waals surface area contributed by atoms with E-state index < -0.39 is 0 Å². The molecule has 4 aromatic rings. The first kappa shape index (κ1) is 18.7. The number of benzene rings is 1. The van der Waals surface area contributed by atoms with Crippen LogP contribution >= 0.6 is 11.3 Å². The molecule has 0 spiro atoms. The van der Waals surface area contributed by atoms with Crippen molar-refractivity contribution in [3.8, 4) is 16.3 Å². The van der Waals surface area contributed by atoms with Crippen LogP contribution in [0.3, 0.4) is 0 Å². The normalized spacial score (nSPS) is 12.6. The number of imidazole rings is 1. The van der Waals surface area contributed by atoms with Gasteiger partial charge in [0.05, 0.1) is 18.2 Å². The summed E-state index contributed by atoms with van der Waals surface area (Å²) in [6, 6.07) is 10.3. The molecule has 1 atom stereocenters. The molecule has 1 unspecified atom stereocenters. The minimum atomic E-state index is 0.204. The third-order valence-electron chi connectivity index (χ3n) is 4.90. The molecule has 3 heterocycles. The number of aryl methyl sites for hydroxylation is 1. The quantitative estimate of drug-likeness (QED) is 0.486. The molecule has 2 N–H and O–H groups in total. The van der Waals surface area contributed by atoms with Gasteiger partial charge >= 0.3 is 0 Å². The van der Waals surface area contributed by atoms with E-state index in [1.807, 2.05) is 29.8 Å². The predicted octanol–water partition coefficient (Wildman–Crippen LogP) is 4.36. The first-order valence-corrected chi connectivity index (χ1v) is 10.2. The Bertz CT molecular complexity index is 1120. The molecule has 6 nitrogen and oxygen atoms in total. The van der Waals surface area contributed by atoms with Gasteiger partial charge in [0.2, 0.25) is 0 Å². The predicted molar refractivity (Wildman–Crippen MR) is 114 cm³/mol. The molecule has 4 rings (SSSR count). The highest BCUT2D eigenvalue weighted by Gasteiger charge is 2.13. The molecule has 1 aromatic carbocycles. The number of hydrogen-bond donors (Lipinski definition) is 2. The van der Waals surface area contributed by atoms with Gasteiger partial charge in [-0.15, -0.1) is 16.4 Å². The topological polar surface area (TPSA) is 71.7 Å². The van der Waals surface area contributed by atoms with E-state index in [4.69, 9.17) is 14.9 Å². The van der Waals surface area contributed by atoms with E-state index >= 15 is 0 Å². The van der Waals surface area contributed by atoms with Crippen LogP contribution in [-0.4, -0.2) is 40.0 Å². The number of hydrogen-bond acceptors (Lipinski definition) is 6. The standard InChI is InChI=1S/C21H24N4O2S/c1-13(12-26)6-7-22-20-4-5-21-23-11-16(25(21)24-20)19-9-15-8-14(2)17(27-3)10-18(15)28-19/h4-5,8-11,13,26H,6-7,12H2,1-3H3,(H,22,24). The van der Waals surface area contributed by atoms with Gasteiger partial charge in [-0.2, -0.15) is 0 Å². The molecular formula is C21H24N4O2S. The molecule has 0 aliphatic rings. The maximum absolute atomic E-state index is 9.16. The molecule has 0 aliphatic carbocycles. The monoisotopic (exact) mass is 396 g/mol. The van der Waals surface area contributed by atoms with Gasteiger partial charge in [-0.3, -0.25) is 0 Å². The summed E-state index contributed by atoms with van der Waals surface area (Å²) in [7, 11) is 1.70. The molecule has 0 bridgehead atoms. The number of nitrogens with zero attached hydrogens (tertiary/aromatic N) is 3. The average Bonchev–Trinajstić information content (AvgIpc) is 3.29. The van der Waals surface area contributed by atoms with Crippen molar-refractivity contribution in [2.45, 2.75) is 20.3 Å². The van der Waals surface area contributed by atoms with E-state index in [0.29, 0.717) is 0 Å². The smallest absolute Gasteiger partial charge is 0.154 e. The van der Waals surface area contributed by atoms with Gasteiger partial charge in [-0.05, 0) is 60.5 Å². The van der Waals surface area contributed by atoms with Crippen molar-refractivity contribution in [1.82, 2.24) is 14.6 Å². The number of ether oxygens (including phenoxy) is 1. The summed E-state index contributed by atoms with van der Waals surface area (Å²) in [6.45, 7) is 5.06. The molecular weight excluding hydrogens is 372 g/mol. The third kappa shape index (κ3) is 3.55. The second-order valence-corrected chi connectivity index (χ2v) is 8.19. The minimum absolute atomic E-state index is 0.204. The number of nitrogens with one attached hydrogen (secondary N) is 1. The van der Waals surface area contributed by atoms with Gasteiger partial charge in [-0.25, -0.2) is 9.50 Å². The maximum Gasteiger partial charge on any atom is 0.154 e. The lowest BCUT2D eigenvalue weighted by molar-refractivity contribution is 0.233. The van der Waals surface area contributed by atoms with Gasteiger partial charge in [-0.1, -0.05) is 6.92 Å². The molecule has 0 aliphatic heterocycles. The van der Waals surface area contributed by atoms with Crippen LogP contribution in [0.4, 0.5) is 5.82 Å². The Kier molecular flexibility index (Phi) is 5.19. The Morgan fingerprint density at radius 1 is 1.29 bits per heavy atom. The number of aromatic nitrogens is 3. The van der Waals surface area contributed by atoms with Crippen molar-refractivity contribution in [2.24, 2.45) is 5.92 Å². The van der Waals surface area contributed by atoms with Gasteiger partial charge in [0.25, 0.3) is 0 Å². The third-order valence-corrected chi connectivity index (χ3v) is 6.02. The molecule has 0 fully saturated rings. The molecule has 7 heteroatoms. The van der Waals surface area contributed by atoms with Crippen LogP contribution in [0.25, 0.3) is 26.3 Å². The van der Waals surface area contributed by atoms with E-state index in [9.17, 15) is 0 Å². The van der Waals surface area contributed by atoms with Crippen LogP contribution in [-0.2, 0) is 0 Å². The Labute approximate surface area is 167 Å². The summed E-state index contributed by atoms with van der Waals surface area (Å²) < 4.78 is 8.52. The van der Waals surface area contributed by atoms with E-state index in [2.05, 4.69) is 35.4 Å². The van der Waals surface area contributed by atoms with Crippen LogP contribution in [0.1, 0.15) is 18.9 Å². The zero-order valence-corrected chi connectivity index (χ0v) is 17.1. The Morgan fingerprint density at radius 3 is 2.93 bits per heavy atom. The van der Waals surface area contributed by atoms with Crippen LogP contribution in [0, 0.1) is 12.8 Å². The summed E-state index contributed by atoms with van der Waals surface area (Å²) in [5.41, 5.74) is 2.91. The maximum atomic E-state index is 9.16. The fraction of sp³-hybridized carbons (Fsp3) is 0.333. The molecule has 146 valence electrons. The Morgan fingerprint density at radius 2 is 2.14 bits per heavy atom. The van der Waals surface area contributed by atoms with E-state index in [1.54, 1.807) is 18.4 Å². The van der Waals surface area contributed by atoms with Crippen molar-refractivity contribution in [3.63, 3.8) is 0 Å². The fourth-order valence-corrected chi connectivity index (χ4v) is 4.27. The lowest BCUT2D eigenvalue weighted by atomic mass is 10.1. The minimum Gasteiger partial charge on any atom is -0.496 e. The number of aliphatic hydroxyl groups excluding tert-OH is 1. The lowest BCUT2D eigenvalue weighted by Gasteiger charge is -2.09. The van der Waals surface area contributed by atoms with Crippen LogP contribution in [0.15, 0.2) is 36.5 Å². The van der Waals surface area contributed by atoms with Gasteiger partial charge in [0.1, 0.15) is 17.3 Å². The number of thiophene rings is 1. The van der Waals surface area contributed by atoms with Crippen LogP contribution < -0.4 is 10.1 Å². The average molecular weight is 397 g/mol. The highest BCUT2D eigenvalue weighted by Crippen LogP contribution is 2.36. The molecule has 0 amide bonds. The molecule has 28 heavy (non-hydrogen) atoms. The summed E-state index contributed by atoms with van der Waals surface area (Å²) in [6.07, 6.45) is 2.76. The second-order valence-electron chi connectivity index (χ2n) is 7.11. The van der Waals surface area contributed by atoms with Crippen LogP contribution in [0.5, 0.6) is 5.75 Å². The largest absolute Gasteiger partial charge is 0.496 e. The summed E-state index contributed by atoms with van der Waals surface area (Å²) >= 11 is 1.71. The summed E-state index contributed by atoms with van der Waals surface area (Å²) in [4.78, 5) is 5.62. The molecule has 3 aromatic heterocycles. The summed E-state index contributed by atoms with van der Waals surface area (Å²) in [5.74, 6) is 1.98. The Balaban J connectivity index is 1.66. The number of anilines is 1. The fourth-order valence-electron chi connectivity index (χ4n) is 3.20. The molecule has 0 saturated heterocycles. The van der Waals surface area contributed by atoms with Gasteiger partial charge in [0, 0.05) is 17.9 Å². The second kappa shape index (κ2) is 7.77. The Hall–Kier alpha value is -2.64. The highest BCUT2D eigenvalue weighted by molar-refractivity contribution is 7.22. The number of fused-ring (bicyclic) bond motifs is 2. The number of aliphatic hydroxyl groups is 1. The van der Waals surface area contributed by atoms with Crippen molar-refractivity contribution >= 4 is 32.9 Å². The van der Waals surface area contributed by atoms with Crippen molar-refractivity contribution in [2.75, 3.05) is 25.6 Å². The lowest BCUT2D eigenvalue weighted by Crippen LogP contribution is -2.11. The summed E-state index contributed by atoms with van der Waals surface area (Å²) in [5, 5.41) is 18.4. The molecule has 0 saturated carbocycles. The zero-order valence-electron chi connectivity index (χ0n) is 16.3. The number of methoxy groups -OCH3 is 1. The first-order chi connectivity index (χ1) is 13.6. The zero-order chi connectivity index (χ0) is 19.7. The van der Waals surface area contributed by atoms with E-state index in [0.717, 1.165) is 46.3 Å². The number of rotatable bonds is 7. The van der Waals surface area contributed by atoms with Gasteiger partial charge < -0.3 is 15.2 Å². The first-order valence-electron chi connectivity index (χ1n) is 9.37. The van der Waals surface area contributed by atoms with E-state index in [-0.39, 0.29) is 12.5 Å². The van der Waals surface area contributed by atoms with Crippen molar-refractivity contribution in [1.29, 1.82) is 0 Å². The highest BCUT2D eigenvalue weighted by atomic mass is 32.1. The van der Waals surface area contributed by atoms with Crippen LogP contribution in [0.2, 0.25) is 0 Å². The molecule has 0 radical (unpaired) electrons. The van der Waals surface area contributed by atoms with Crippen molar-refractivity contribution in [3.05, 3.63) is 42.1 Å². The van der Waals surface area contributed by atoms with E-state index in [1.165, 1.54) is 10.1 Å². The SMILES string of the molecule is COc1cc2sc(-c3cnc4ccc(NCCC(C)CO)nn34)cc2cc1C. The van der Waals surface area contributed by atoms with Crippen molar-refractivity contribution < 1.29 is 9.84 Å². The van der Waals surface area contributed by atoms with Gasteiger partial charge in [0.15, 0.2) is 5.65 Å².